The fourth-order valence-electron chi connectivity index (χ4n) is 8.73. The van der Waals surface area contributed by atoms with Gasteiger partial charge in [0.2, 0.25) is 17.5 Å². The largest absolute Gasteiger partial charge is 0.481 e. The topological polar surface area (TPSA) is 272 Å². The number of anilines is 1. The first-order valence-corrected chi connectivity index (χ1v) is 27.4. The molecule has 0 saturated heterocycles. The second kappa shape index (κ2) is 25.1. The number of fused-ring (bicyclic) bond motifs is 1. The maximum absolute atomic E-state index is 12.6. The zero-order valence-electron chi connectivity index (χ0n) is 47.9. The molecule has 1 aliphatic heterocycles. The van der Waals surface area contributed by atoms with Crippen molar-refractivity contribution in [2.75, 3.05) is 16.6 Å². The van der Waals surface area contributed by atoms with Crippen molar-refractivity contribution in [1.82, 2.24) is 24.4 Å². The highest BCUT2D eigenvalue weighted by molar-refractivity contribution is 6.34. The average Bonchev–Trinajstić information content (AvgIpc) is 4.50. The van der Waals surface area contributed by atoms with E-state index in [0.29, 0.717) is 55.2 Å². The zero-order chi connectivity index (χ0) is 59.9. The molecule has 5 N–H and O–H groups in total. The van der Waals surface area contributed by atoms with Crippen molar-refractivity contribution >= 4 is 75.9 Å². The van der Waals surface area contributed by atoms with Gasteiger partial charge in [-0.3, -0.25) is 53.3 Å². The van der Waals surface area contributed by atoms with Gasteiger partial charge in [-0.2, -0.15) is 0 Å². The molecule has 434 valence electrons. The standard InChI is InChI=1S/C27H30N5O2.C16H21ClN2O4.C10H16O4.C6H7ClN2O/c1-26(2,3)34-22(33)17-27(13-14-27)25-30-24(29-18-20-11-7-8-15-28-20)23-21(12-16-32(23)31-25)19-9-5-4-6-10-19;1-10(20)13-11(17)5-8-19(13)18-14(22)16(6-7-16)9-12(21)23-15(2,3)4;1-9(2,3)14-7(11)6-10(4-5-10)8(12)13;1-4(10)6-5(7)2-3-9(6)8/h4-11,15-16H,12-14,17-18H2,1-3H3,(H,29,30,31);5,8H,6-7,9H2,1-4H3,(H,18,22);4-6H2,1-3H3,(H,12,13);2-3H,8H2,1H3/q+1;;;. The number of carboxylic acids is 1. The number of carboxylic acid groups (broad SMARTS) is 1. The Balaban J connectivity index is 0.000000193. The number of halogens is 2. The predicted octanol–water partition coefficient (Wildman–Crippen LogP) is 8.71. The number of aromatic nitrogens is 6. The molecule has 1 amide bonds. The van der Waals surface area contributed by atoms with E-state index in [1.807, 2.05) is 61.5 Å². The molecule has 22 heteroatoms. The third kappa shape index (κ3) is 17.5. The van der Waals surface area contributed by atoms with E-state index in [1.54, 1.807) is 60.0 Å². The summed E-state index contributed by atoms with van der Waals surface area (Å²) in [5, 5.41) is 18.9. The Labute approximate surface area is 481 Å². The molecule has 5 aromatic rings. The number of carbonyl (C=O) groups excluding carboxylic acids is 6. The molecule has 0 radical (unpaired) electrons. The summed E-state index contributed by atoms with van der Waals surface area (Å²) in [5.74, 6) is 4.21. The number of nitrogen functional groups attached to an aromatic ring is 1. The number of nitrogens with one attached hydrogen (secondary N) is 2. The highest BCUT2D eigenvalue weighted by Gasteiger charge is 2.54. The quantitative estimate of drug-likeness (QED) is 0.0236. The number of hydrogen-bond donors (Lipinski definition) is 4. The van der Waals surface area contributed by atoms with Gasteiger partial charge >= 0.3 is 23.9 Å². The van der Waals surface area contributed by atoms with E-state index in [9.17, 15) is 33.6 Å². The minimum atomic E-state index is -0.886. The zero-order valence-corrected chi connectivity index (χ0v) is 49.4. The van der Waals surface area contributed by atoms with E-state index in [2.05, 4.69) is 34.1 Å². The number of esters is 3. The molecule has 3 fully saturated rings. The maximum Gasteiger partial charge on any atom is 0.310 e. The van der Waals surface area contributed by atoms with Crippen LogP contribution in [-0.4, -0.2) is 87.7 Å². The minimum Gasteiger partial charge on any atom is -0.481 e. The van der Waals surface area contributed by atoms with Gasteiger partial charge in [0, 0.05) is 48.5 Å². The molecule has 9 rings (SSSR count). The Morgan fingerprint density at radius 2 is 1.21 bits per heavy atom. The molecule has 0 bridgehead atoms. The summed E-state index contributed by atoms with van der Waals surface area (Å²) < 4.78 is 20.4. The Hall–Kier alpha value is -7.45. The van der Waals surface area contributed by atoms with E-state index in [-0.39, 0.29) is 52.4 Å². The Morgan fingerprint density at radius 3 is 1.67 bits per heavy atom. The van der Waals surface area contributed by atoms with E-state index < -0.39 is 45.5 Å². The van der Waals surface area contributed by atoms with Crippen LogP contribution in [0.25, 0.3) is 5.57 Å². The van der Waals surface area contributed by atoms with Gasteiger partial charge in [-0.15, -0.1) is 0 Å². The molecule has 4 aliphatic rings. The number of ketones is 2. The Morgan fingerprint density at radius 1 is 0.691 bits per heavy atom. The molecular weight excluding hydrogens is 1080 g/mol. The van der Waals surface area contributed by atoms with Crippen LogP contribution >= 0.6 is 23.2 Å². The number of hydrogen-bond acceptors (Lipinski definition) is 15. The summed E-state index contributed by atoms with van der Waals surface area (Å²) in [4.78, 5) is 91.0. The number of ether oxygens (including phenoxy) is 3. The lowest BCUT2D eigenvalue weighted by Gasteiger charge is -2.22. The van der Waals surface area contributed by atoms with Gasteiger partial charge in [0.25, 0.3) is 5.35 Å². The lowest BCUT2D eigenvalue weighted by molar-refractivity contribution is -0.590. The fraction of sp³-hybridized carbons (Fsp3) is 0.475. The number of Topliss-reactive ketones (excluding diaryl/α,β-unsaturated/α-hetero) is 2. The third-order valence-corrected chi connectivity index (χ3v) is 13.8. The van der Waals surface area contributed by atoms with Gasteiger partial charge in [0.1, 0.15) is 28.2 Å². The van der Waals surface area contributed by atoms with Crippen LogP contribution in [0.4, 0.5) is 5.82 Å². The van der Waals surface area contributed by atoms with Crippen LogP contribution in [0, 0.1) is 17.0 Å². The number of nitrogens with zero attached hydrogens (tertiary/aromatic N) is 6. The predicted molar refractivity (Wildman–Crippen MR) is 303 cm³/mol. The average molecular weight is 1160 g/mol. The van der Waals surface area contributed by atoms with E-state index in [4.69, 9.17) is 58.4 Å². The Bertz CT molecular complexity index is 3270. The smallest absolute Gasteiger partial charge is 0.310 e. The molecule has 20 nitrogen and oxygen atoms in total. The van der Waals surface area contributed by atoms with Gasteiger partial charge in [-0.05, 0) is 131 Å². The molecular formula is C59H74Cl2N9O11+. The summed E-state index contributed by atoms with van der Waals surface area (Å²) in [7, 11) is 0. The normalized spacial score (nSPS) is 15.6. The summed E-state index contributed by atoms with van der Waals surface area (Å²) in [5.41, 5.74) is 2.90. The van der Waals surface area contributed by atoms with Gasteiger partial charge in [-0.25, -0.2) is 4.98 Å². The molecule has 5 heterocycles. The van der Waals surface area contributed by atoms with Gasteiger partial charge in [0.15, 0.2) is 17.8 Å². The lowest BCUT2D eigenvalue weighted by atomic mass is 10.0. The van der Waals surface area contributed by atoms with Crippen molar-refractivity contribution in [2.24, 2.45) is 10.8 Å². The molecule has 3 saturated carbocycles. The number of pyridine rings is 1. The molecule has 3 aliphatic carbocycles. The molecule has 0 unspecified atom stereocenters. The molecule has 1 aromatic carbocycles. The van der Waals surface area contributed by atoms with E-state index in [0.717, 1.165) is 41.7 Å². The number of aliphatic carboxylic acids is 1. The third-order valence-electron chi connectivity index (χ3n) is 13.2. The van der Waals surface area contributed by atoms with Crippen molar-refractivity contribution in [3.05, 3.63) is 129 Å². The summed E-state index contributed by atoms with van der Waals surface area (Å²) in [6, 6.07) is 19.3. The van der Waals surface area contributed by atoms with Crippen molar-refractivity contribution < 1.29 is 57.2 Å². The van der Waals surface area contributed by atoms with E-state index >= 15 is 0 Å². The summed E-state index contributed by atoms with van der Waals surface area (Å²) >= 11 is 11.6. The highest BCUT2D eigenvalue weighted by Crippen LogP contribution is 2.51. The minimum absolute atomic E-state index is 0.000394. The van der Waals surface area contributed by atoms with Crippen molar-refractivity contribution in [3.63, 3.8) is 0 Å². The maximum atomic E-state index is 12.6. The number of rotatable bonds is 16. The van der Waals surface area contributed by atoms with Crippen LogP contribution in [-0.2, 0) is 50.1 Å². The van der Waals surface area contributed by atoms with Crippen molar-refractivity contribution in [2.45, 2.75) is 169 Å². The summed E-state index contributed by atoms with van der Waals surface area (Å²) in [6.07, 6.45) is 12.2. The molecule has 4 aromatic heterocycles. The van der Waals surface area contributed by atoms with E-state index in [1.165, 1.54) is 41.0 Å². The number of nitrogens with two attached hydrogens (primary N) is 1. The Kier molecular flexibility index (Phi) is 19.5. The summed E-state index contributed by atoms with van der Waals surface area (Å²) in [6.45, 7) is 19.7. The molecule has 81 heavy (non-hydrogen) atoms. The van der Waals surface area contributed by atoms with Gasteiger partial charge in [-0.1, -0.05) is 64.0 Å². The number of carbonyl (C=O) groups is 7. The first-order chi connectivity index (χ1) is 37.7. The number of benzene rings is 1. The number of amides is 1. The van der Waals surface area contributed by atoms with Crippen LogP contribution < -0.4 is 26.3 Å². The fourth-order valence-corrected chi connectivity index (χ4v) is 9.30. The first-order valence-electron chi connectivity index (χ1n) is 26.7. The highest BCUT2D eigenvalue weighted by atomic mass is 35.5. The lowest BCUT2D eigenvalue weighted by Crippen LogP contribution is -2.44. The van der Waals surface area contributed by atoms with Crippen LogP contribution in [0.15, 0.2) is 79.3 Å². The van der Waals surface area contributed by atoms with Crippen LogP contribution in [0.2, 0.25) is 10.0 Å². The second-order valence-corrected chi connectivity index (χ2v) is 24.6. The van der Waals surface area contributed by atoms with Crippen molar-refractivity contribution in [3.8, 4) is 0 Å². The second-order valence-electron chi connectivity index (χ2n) is 23.8. The monoisotopic (exact) mass is 1150 g/mol. The van der Waals surface area contributed by atoms with Crippen LogP contribution in [0.3, 0.4) is 0 Å². The van der Waals surface area contributed by atoms with Gasteiger partial charge in [0.05, 0.1) is 58.8 Å². The van der Waals surface area contributed by atoms with Gasteiger partial charge < -0.3 is 30.5 Å². The van der Waals surface area contributed by atoms with Crippen LogP contribution in [0.5, 0.6) is 0 Å². The SMILES string of the molecule is CC(=O)c1c(Cl)ccn1N.CC(=O)c1c(Cl)ccn1NC(=O)C1(CC(=O)OC(C)(C)C)CC1.CC(C)(C)OC(=O)CC1(C(=O)O)CC1.CC(C)(C)OC(=O)CC1(c2nc(NCc3ccccn3)c3[n+](n2)=CCC=3c2ccccc2)CC1. The van der Waals surface area contributed by atoms with Crippen LogP contribution in [0.1, 0.15) is 178 Å². The molecule has 0 atom stereocenters. The first kappa shape index (κ1) is 62.7. The molecule has 0 spiro atoms. The van der Waals surface area contributed by atoms with Crippen molar-refractivity contribution in [1.29, 1.82) is 0 Å².